The Bertz CT molecular complexity index is 1420. The monoisotopic (exact) mass is 522 g/mol. The van der Waals surface area contributed by atoms with Crippen molar-refractivity contribution in [3.63, 3.8) is 0 Å². The van der Waals surface area contributed by atoms with Gasteiger partial charge in [0, 0.05) is 35.1 Å². The Balaban J connectivity index is 1.77. The molecule has 2 heterocycles. The fraction of sp³-hybridized carbons (Fsp3) is 0.393. The first-order valence-corrected chi connectivity index (χ1v) is 12.5. The van der Waals surface area contributed by atoms with Crippen molar-refractivity contribution in [1.82, 2.24) is 9.88 Å². The Hall–Kier alpha value is -4.21. The van der Waals surface area contributed by atoms with Gasteiger partial charge in [-0.2, -0.15) is 0 Å². The molecule has 0 spiro atoms. The summed E-state index contributed by atoms with van der Waals surface area (Å²) >= 11 is 0. The van der Waals surface area contributed by atoms with E-state index < -0.39 is 6.09 Å². The molecule has 0 saturated carbocycles. The second kappa shape index (κ2) is 10.3. The van der Waals surface area contributed by atoms with Gasteiger partial charge in [0.2, 0.25) is 0 Å². The van der Waals surface area contributed by atoms with Gasteiger partial charge in [0.1, 0.15) is 23.9 Å². The average Bonchev–Trinajstić information content (AvgIpc) is 3.44. The van der Waals surface area contributed by atoms with E-state index in [0.717, 1.165) is 10.9 Å². The Morgan fingerprint density at radius 2 is 1.92 bits per heavy atom. The third kappa shape index (κ3) is 4.85. The summed E-state index contributed by atoms with van der Waals surface area (Å²) in [6.45, 7) is 8.87. The van der Waals surface area contributed by atoms with Gasteiger partial charge in [0.25, 0.3) is 5.91 Å². The zero-order valence-electron chi connectivity index (χ0n) is 22.6. The van der Waals surface area contributed by atoms with Gasteiger partial charge in [-0.3, -0.25) is 14.5 Å². The fourth-order valence-electron chi connectivity index (χ4n) is 4.64. The van der Waals surface area contributed by atoms with Crippen LogP contribution in [0.1, 0.15) is 54.0 Å². The molecule has 2 amide bonds. The second-order valence-electron chi connectivity index (χ2n) is 10.1. The van der Waals surface area contributed by atoms with Crippen LogP contribution < -0.4 is 25.4 Å². The molecule has 1 aliphatic heterocycles. The number of aromatic nitrogens is 1. The minimum absolute atomic E-state index is 0.0421. The first kappa shape index (κ1) is 26.8. The van der Waals surface area contributed by atoms with Gasteiger partial charge in [-0.25, -0.2) is 4.79 Å². The molecule has 202 valence electrons. The molecular weight excluding hydrogens is 488 g/mol. The molecule has 3 N–H and O–H groups in total. The quantitative estimate of drug-likeness (QED) is 0.426. The minimum atomic E-state index is -0.481. The molecular formula is C28H34N4O6. The standard InChI is InChI=1S/C28H34N4O6/c1-7-37-23-12-17-14-31(25(29)18(17)13-19(23)26(34)30-5)15-22(33)16-10-20(28(2,3)4)24(36-6)21(11-16)32-8-9-38-27(32)35/h10-14H,7-9,15,29H2,1-6H3,(H,30,34). The topological polar surface area (TPSA) is 125 Å². The molecule has 1 aromatic heterocycles. The van der Waals surface area contributed by atoms with Crippen LogP contribution in [0.15, 0.2) is 30.5 Å². The van der Waals surface area contributed by atoms with Crippen LogP contribution in [-0.4, -0.2) is 56.3 Å². The highest BCUT2D eigenvalue weighted by Crippen LogP contribution is 2.41. The summed E-state index contributed by atoms with van der Waals surface area (Å²) in [6.07, 6.45) is 1.29. The number of carbonyl (C=O) groups excluding carboxylic acids is 3. The highest BCUT2D eigenvalue weighted by Gasteiger charge is 2.32. The van der Waals surface area contributed by atoms with Crippen LogP contribution in [0, 0.1) is 0 Å². The number of methoxy groups -OCH3 is 1. The number of rotatable bonds is 8. The zero-order valence-corrected chi connectivity index (χ0v) is 22.6. The number of nitrogens with two attached hydrogens (primary N) is 1. The summed E-state index contributed by atoms with van der Waals surface area (Å²) in [6, 6.07) is 6.90. The van der Waals surface area contributed by atoms with Crippen LogP contribution in [0.2, 0.25) is 0 Å². The number of ketones is 1. The minimum Gasteiger partial charge on any atom is -0.494 e. The maximum Gasteiger partial charge on any atom is 0.414 e. The van der Waals surface area contributed by atoms with Crippen molar-refractivity contribution in [3.05, 3.63) is 47.2 Å². The lowest BCUT2D eigenvalue weighted by molar-refractivity contribution is 0.0955. The highest BCUT2D eigenvalue weighted by atomic mass is 16.6. The van der Waals surface area contributed by atoms with E-state index in [1.807, 2.05) is 33.8 Å². The second-order valence-corrected chi connectivity index (χ2v) is 10.1. The molecule has 38 heavy (non-hydrogen) atoms. The predicted molar refractivity (Wildman–Crippen MR) is 146 cm³/mol. The van der Waals surface area contributed by atoms with Gasteiger partial charge in [-0.05, 0) is 36.6 Å². The molecule has 2 aromatic carbocycles. The normalized spacial score (nSPS) is 13.5. The number of nitrogens with one attached hydrogen (secondary N) is 1. The van der Waals surface area contributed by atoms with E-state index in [4.69, 9.17) is 19.9 Å². The van der Waals surface area contributed by atoms with Gasteiger partial charge < -0.3 is 29.8 Å². The van der Waals surface area contributed by atoms with Crippen LogP contribution >= 0.6 is 0 Å². The van der Waals surface area contributed by atoms with Crippen molar-refractivity contribution in [3.8, 4) is 11.5 Å². The van der Waals surface area contributed by atoms with E-state index in [2.05, 4.69) is 5.32 Å². The van der Waals surface area contributed by atoms with Crippen molar-refractivity contribution in [1.29, 1.82) is 0 Å². The summed E-state index contributed by atoms with van der Waals surface area (Å²) < 4.78 is 18.2. The number of benzene rings is 2. The lowest BCUT2D eigenvalue weighted by Gasteiger charge is -2.27. The predicted octanol–water partition coefficient (Wildman–Crippen LogP) is 4.13. The molecule has 1 fully saturated rings. The number of hydrogen-bond donors (Lipinski definition) is 2. The van der Waals surface area contributed by atoms with Crippen molar-refractivity contribution < 1.29 is 28.6 Å². The number of carbonyl (C=O) groups is 3. The molecule has 10 nitrogen and oxygen atoms in total. The van der Waals surface area contributed by atoms with Crippen LogP contribution in [0.25, 0.3) is 10.8 Å². The van der Waals surface area contributed by atoms with E-state index >= 15 is 0 Å². The number of ether oxygens (including phenoxy) is 3. The smallest absolute Gasteiger partial charge is 0.414 e. The number of Topliss-reactive ketones (excluding diaryl/α,β-unsaturated/α-hetero) is 1. The van der Waals surface area contributed by atoms with Crippen molar-refractivity contribution in [2.45, 2.75) is 39.7 Å². The third-order valence-electron chi connectivity index (χ3n) is 6.57. The first-order chi connectivity index (χ1) is 18.0. The SMILES string of the molecule is CCOc1cc2cn(CC(=O)c3cc(N4CCOC4=O)c(OC)c(C(C)(C)C)c3)c(N)c2cc1C(=O)NC. The number of nitrogens with zero attached hydrogens (tertiary/aromatic N) is 2. The van der Waals surface area contributed by atoms with Crippen LogP contribution in [0.3, 0.4) is 0 Å². The largest absolute Gasteiger partial charge is 0.494 e. The number of cyclic esters (lactones) is 1. The molecule has 0 aliphatic carbocycles. The third-order valence-corrected chi connectivity index (χ3v) is 6.57. The van der Waals surface area contributed by atoms with Crippen molar-refractivity contribution in [2.75, 3.05) is 44.5 Å². The van der Waals surface area contributed by atoms with Crippen LogP contribution in [-0.2, 0) is 16.7 Å². The number of anilines is 2. The molecule has 0 unspecified atom stereocenters. The highest BCUT2D eigenvalue weighted by molar-refractivity contribution is 6.05. The van der Waals surface area contributed by atoms with Crippen molar-refractivity contribution in [2.24, 2.45) is 0 Å². The summed E-state index contributed by atoms with van der Waals surface area (Å²) in [4.78, 5) is 39.9. The van der Waals surface area contributed by atoms with Crippen LogP contribution in [0.4, 0.5) is 16.3 Å². The number of hydrogen-bond acceptors (Lipinski definition) is 7. The molecule has 10 heteroatoms. The number of fused-ring (bicyclic) bond motifs is 1. The first-order valence-electron chi connectivity index (χ1n) is 12.5. The number of nitrogen functional groups attached to an aromatic ring is 1. The Morgan fingerprint density at radius 3 is 2.50 bits per heavy atom. The van der Waals surface area contributed by atoms with Gasteiger partial charge in [-0.15, -0.1) is 0 Å². The average molecular weight is 523 g/mol. The zero-order chi connectivity index (χ0) is 27.8. The molecule has 3 aromatic rings. The lowest BCUT2D eigenvalue weighted by atomic mass is 9.84. The van der Waals surface area contributed by atoms with Gasteiger partial charge >= 0.3 is 6.09 Å². The van der Waals surface area contributed by atoms with Crippen LogP contribution in [0.5, 0.6) is 11.5 Å². The molecule has 0 bridgehead atoms. The summed E-state index contributed by atoms with van der Waals surface area (Å²) in [5.74, 6) is 0.837. The van der Waals surface area contributed by atoms with Gasteiger partial charge in [0.05, 0.1) is 38.1 Å². The van der Waals surface area contributed by atoms with E-state index in [9.17, 15) is 14.4 Å². The molecule has 0 atom stereocenters. The lowest BCUT2D eigenvalue weighted by Crippen LogP contribution is -2.26. The number of amides is 2. The van der Waals surface area contributed by atoms with Crippen molar-refractivity contribution >= 4 is 40.1 Å². The van der Waals surface area contributed by atoms with Gasteiger partial charge in [-0.1, -0.05) is 20.8 Å². The Morgan fingerprint density at radius 1 is 1.18 bits per heavy atom. The molecule has 1 saturated heterocycles. The van der Waals surface area contributed by atoms with E-state index in [-0.39, 0.29) is 30.3 Å². The summed E-state index contributed by atoms with van der Waals surface area (Å²) in [5.41, 5.74) is 8.15. The van der Waals surface area contributed by atoms with E-state index in [1.54, 1.807) is 43.1 Å². The summed E-state index contributed by atoms with van der Waals surface area (Å²) in [7, 11) is 3.10. The Labute approximate surface area is 221 Å². The maximum atomic E-state index is 13.6. The fourth-order valence-corrected chi connectivity index (χ4v) is 4.64. The molecule has 0 radical (unpaired) electrons. The van der Waals surface area contributed by atoms with E-state index in [1.165, 1.54) is 4.90 Å². The molecule has 1 aliphatic rings. The molecule has 4 rings (SSSR count). The Kier molecular flexibility index (Phi) is 7.26. The van der Waals surface area contributed by atoms with Gasteiger partial charge in [0.15, 0.2) is 5.78 Å². The summed E-state index contributed by atoms with van der Waals surface area (Å²) in [5, 5.41) is 4.01. The maximum absolute atomic E-state index is 13.6. The van der Waals surface area contributed by atoms with E-state index in [0.29, 0.717) is 52.7 Å².